The average Bonchev–Trinajstić information content (AvgIpc) is 3.33. The SMILES string of the molecule is Cc1ccc(-c2nc3c(s2)-c2ccc([C@H]4CC[C@](N)(CO)C4)cc2CC3)cc1. The summed E-state index contributed by atoms with van der Waals surface area (Å²) in [5.41, 5.74) is 13.8. The van der Waals surface area contributed by atoms with Crippen LogP contribution < -0.4 is 5.73 Å². The third kappa shape index (κ3) is 3.10. The van der Waals surface area contributed by atoms with Gasteiger partial charge in [-0.3, -0.25) is 0 Å². The lowest BCUT2D eigenvalue weighted by Gasteiger charge is -2.22. The number of hydrogen-bond donors (Lipinski definition) is 2. The number of aliphatic hydroxyl groups is 1. The highest BCUT2D eigenvalue weighted by Gasteiger charge is 2.36. The van der Waals surface area contributed by atoms with Crippen LogP contribution in [0, 0.1) is 6.92 Å². The van der Waals surface area contributed by atoms with Gasteiger partial charge < -0.3 is 10.8 Å². The van der Waals surface area contributed by atoms with Gasteiger partial charge in [-0.1, -0.05) is 48.0 Å². The van der Waals surface area contributed by atoms with E-state index in [1.807, 2.05) is 11.3 Å². The number of nitrogens with zero attached hydrogens (tertiary/aromatic N) is 1. The highest BCUT2D eigenvalue weighted by atomic mass is 32.1. The predicted molar refractivity (Wildman–Crippen MR) is 116 cm³/mol. The molecule has 5 rings (SSSR count). The van der Waals surface area contributed by atoms with Crippen LogP contribution in [0.25, 0.3) is 21.0 Å². The van der Waals surface area contributed by atoms with Crippen molar-refractivity contribution in [1.29, 1.82) is 0 Å². The van der Waals surface area contributed by atoms with E-state index in [4.69, 9.17) is 10.7 Å². The maximum Gasteiger partial charge on any atom is 0.124 e. The van der Waals surface area contributed by atoms with Crippen molar-refractivity contribution >= 4 is 11.3 Å². The fourth-order valence-corrected chi connectivity index (χ4v) is 5.86. The molecule has 0 radical (unpaired) electrons. The van der Waals surface area contributed by atoms with Gasteiger partial charge in [0.1, 0.15) is 5.01 Å². The minimum atomic E-state index is -0.394. The number of thiazole rings is 1. The molecule has 1 fully saturated rings. The van der Waals surface area contributed by atoms with E-state index in [1.54, 1.807) is 0 Å². The number of nitrogens with two attached hydrogens (primary N) is 1. The van der Waals surface area contributed by atoms with Gasteiger partial charge in [-0.2, -0.15) is 0 Å². The summed E-state index contributed by atoms with van der Waals surface area (Å²) in [4.78, 5) is 6.29. The van der Waals surface area contributed by atoms with Crippen molar-refractivity contribution in [1.82, 2.24) is 4.98 Å². The number of hydrogen-bond acceptors (Lipinski definition) is 4. The van der Waals surface area contributed by atoms with E-state index >= 15 is 0 Å². The van der Waals surface area contributed by atoms with Crippen molar-refractivity contribution in [2.75, 3.05) is 6.61 Å². The molecule has 0 saturated heterocycles. The van der Waals surface area contributed by atoms with Crippen LogP contribution >= 0.6 is 11.3 Å². The van der Waals surface area contributed by atoms with Gasteiger partial charge in [-0.25, -0.2) is 4.98 Å². The largest absolute Gasteiger partial charge is 0.394 e. The predicted octanol–water partition coefficient (Wildman–Crippen LogP) is 4.84. The van der Waals surface area contributed by atoms with Gasteiger partial charge in [0.25, 0.3) is 0 Å². The summed E-state index contributed by atoms with van der Waals surface area (Å²) in [6.45, 7) is 2.20. The van der Waals surface area contributed by atoms with E-state index in [0.29, 0.717) is 5.92 Å². The highest BCUT2D eigenvalue weighted by molar-refractivity contribution is 7.18. The molecule has 2 aromatic carbocycles. The second-order valence-corrected chi connectivity index (χ2v) is 9.54. The minimum Gasteiger partial charge on any atom is -0.394 e. The van der Waals surface area contributed by atoms with E-state index in [1.165, 1.54) is 38.4 Å². The summed E-state index contributed by atoms with van der Waals surface area (Å²) in [7, 11) is 0. The Morgan fingerprint density at radius 2 is 2.00 bits per heavy atom. The van der Waals surface area contributed by atoms with Crippen molar-refractivity contribution in [3.63, 3.8) is 0 Å². The van der Waals surface area contributed by atoms with Crippen LogP contribution in [0.3, 0.4) is 0 Å². The second kappa shape index (κ2) is 6.80. The number of aromatic nitrogens is 1. The third-order valence-electron chi connectivity index (χ3n) is 6.43. The molecule has 1 heterocycles. The van der Waals surface area contributed by atoms with Crippen molar-refractivity contribution in [3.05, 3.63) is 64.8 Å². The standard InChI is InChI=1S/C24H26N2OS/c1-15-2-4-16(5-3-15)23-26-21-9-7-18-12-17(6-8-20(18)22(21)28-23)19-10-11-24(25,13-19)14-27/h2-6,8,12,19,27H,7,9-11,13-14,25H2,1H3/t19-,24+/m0/s1. The third-order valence-corrected chi connectivity index (χ3v) is 7.61. The van der Waals surface area contributed by atoms with Gasteiger partial charge >= 0.3 is 0 Å². The number of fused-ring (bicyclic) bond motifs is 3. The van der Waals surface area contributed by atoms with Crippen LogP contribution in [-0.4, -0.2) is 22.2 Å². The Morgan fingerprint density at radius 1 is 1.18 bits per heavy atom. The molecule has 2 atom stereocenters. The topological polar surface area (TPSA) is 59.1 Å². The summed E-state index contributed by atoms with van der Waals surface area (Å²) >= 11 is 1.81. The fourth-order valence-electron chi connectivity index (χ4n) is 4.68. The molecule has 1 saturated carbocycles. The Kier molecular flexibility index (Phi) is 4.38. The number of rotatable bonds is 3. The number of aliphatic hydroxyl groups excluding tert-OH is 1. The van der Waals surface area contributed by atoms with E-state index in [0.717, 1.165) is 37.1 Å². The molecule has 3 nitrogen and oxygen atoms in total. The quantitative estimate of drug-likeness (QED) is 0.673. The Balaban J connectivity index is 1.46. The smallest absolute Gasteiger partial charge is 0.124 e. The second-order valence-electron chi connectivity index (χ2n) is 8.54. The summed E-state index contributed by atoms with van der Waals surface area (Å²) in [5.74, 6) is 0.466. The van der Waals surface area contributed by atoms with Gasteiger partial charge in [0, 0.05) is 11.1 Å². The Bertz CT molecular complexity index is 1020. The van der Waals surface area contributed by atoms with E-state index in [-0.39, 0.29) is 6.61 Å². The zero-order chi connectivity index (χ0) is 19.3. The molecule has 3 aromatic rings. The lowest BCUT2D eigenvalue weighted by molar-refractivity contribution is 0.198. The lowest BCUT2D eigenvalue weighted by Crippen LogP contribution is -2.40. The Hall–Kier alpha value is -2.01. The van der Waals surface area contributed by atoms with Crippen LogP contribution in [0.4, 0.5) is 0 Å². The zero-order valence-electron chi connectivity index (χ0n) is 16.2. The molecule has 4 heteroatoms. The molecule has 1 aromatic heterocycles. The maximum absolute atomic E-state index is 9.57. The molecule has 2 aliphatic carbocycles. The average molecular weight is 391 g/mol. The van der Waals surface area contributed by atoms with Crippen LogP contribution in [0.15, 0.2) is 42.5 Å². The molecule has 0 unspecified atom stereocenters. The van der Waals surface area contributed by atoms with Crippen molar-refractivity contribution in [3.8, 4) is 21.0 Å². The van der Waals surface area contributed by atoms with Crippen LogP contribution in [-0.2, 0) is 12.8 Å². The normalized spacial score (nSPS) is 23.5. The lowest BCUT2D eigenvalue weighted by atomic mass is 9.87. The molecule has 28 heavy (non-hydrogen) atoms. The first-order valence-corrected chi connectivity index (χ1v) is 11.0. The number of aryl methyl sites for hydroxylation is 3. The maximum atomic E-state index is 9.57. The Morgan fingerprint density at radius 3 is 2.75 bits per heavy atom. The summed E-state index contributed by atoms with van der Waals surface area (Å²) in [5, 5.41) is 10.7. The first-order chi connectivity index (χ1) is 13.5. The van der Waals surface area contributed by atoms with Gasteiger partial charge in [0.2, 0.25) is 0 Å². The number of benzene rings is 2. The molecule has 0 spiro atoms. The summed E-state index contributed by atoms with van der Waals surface area (Å²) < 4.78 is 0. The van der Waals surface area contributed by atoms with Crippen molar-refractivity contribution in [2.24, 2.45) is 5.73 Å². The minimum absolute atomic E-state index is 0.0838. The Labute approximate surface area is 170 Å². The molecule has 144 valence electrons. The highest BCUT2D eigenvalue weighted by Crippen LogP contribution is 2.44. The molecule has 0 aliphatic heterocycles. The fraction of sp³-hybridized carbons (Fsp3) is 0.375. The summed E-state index contributed by atoms with van der Waals surface area (Å²) in [6.07, 6.45) is 4.92. The monoisotopic (exact) mass is 390 g/mol. The molecular formula is C24H26N2OS. The first kappa shape index (κ1) is 18.0. The van der Waals surface area contributed by atoms with Crippen LogP contribution in [0.5, 0.6) is 0 Å². The van der Waals surface area contributed by atoms with E-state index in [9.17, 15) is 5.11 Å². The van der Waals surface area contributed by atoms with Crippen molar-refractivity contribution < 1.29 is 5.11 Å². The molecule has 3 N–H and O–H groups in total. The van der Waals surface area contributed by atoms with E-state index in [2.05, 4.69) is 49.4 Å². The summed E-state index contributed by atoms with van der Waals surface area (Å²) in [6, 6.07) is 15.6. The van der Waals surface area contributed by atoms with Crippen LogP contribution in [0.1, 0.15) is 47.6 Å². The van der Waals surface area contributed by atoms with Gasteiger partial charge in [0.15, 0.2) is 0 Å². The molecule has 2 aliphatic rings. The molecule has 0 bridgehead atoms. The van der Waals surface area contributed by atoms with Crippen LogP contribution in [0.2, 0.25) is 0 Å². The zero-order valence-corrected chi connectivity index (χ0v) is 17.1. The van der Waals surface area contributed by atoms with E-state index < -0.39 is 5.54 Å². The molecule has 0 amide bonds. The first-order valence-electron chi connectivity index (χ1n) is 10.1. The van der Waals surface area contributed by atoms with Gasteiger partial charge in [-0.05, 0) is 61.6 Å². The van der Waals surface area contributed by atoms with Crippen molar-refractivity contribution in [2.45, 2.75) is 50.5 Å². The van der Waals surface area contributed by atoms with Gasteiger partial charge in [0.05, 0.1) is 17.2 Å². The van der Waals surface area contributed by atoms with Gasteiger partial charge in [-0.15, -0.1) is 11.3 Å². The molecular weight excluding hydrogens is 364 g/mol.